The van der Waals surface area contributed by atoms with E-state index in [2.05, 4.69) is 20.5 Å². The molecule has 5 nitrogen and oxygen atoms in total. The minimum absolute atomic E-state index is 0.748. The predicted molar refractivity (Wildman–Crippen MR) is 60.7 cm³/mol. The van der Waals surface area contributed by atoms with Crippen molar-refractivity contribution in [3.05, 3.63) is 42.2 Å². The van der Waals surface area contributed by atoms with Gasteiger partial charge >= 0.3 is 0 Å². The minimum atomic E-state index is 0.748. The van der Waals surface area contributed by atoms with Crippen LogP contribution in [-0.4, -0.2) is 26.3 Å². The molecule has 0 fully saturated rings. The van der Waals surface area contributed by atoms with Gasteiger partial charge in [0, 0.05) is 45.1 Å². The maximum atomic E-state index is 4.26. The number of aromatic nitrogens is 4. The third kappa shape index (κ3) is 2.87. The second-order valence-electron chi connectivity index (χ2n) is 3.60. The number of imidazole rings is 1. The van der Waals surface area contributed by atoms with E-state index in [1.807, 2.05) is 36.1 Å². The molecule has 16 heavy (non-hydrogen) atoms. The van der Waals surface area contributed by atoms with Crippen LogP contribution in [0.5, 0.6) is 0 Å². The highest BCUT2D eigenvalue weighted by Gasteiger charge is 1.98. The van der Waals surface area contributed by atoms with Gasteiger partial charge in [0.15, 0.2) is 0 Å². The Bertz CT molecular complexity index is 423. The molecule has 0 saturated carbocycles. The van der Waals surface area contributed by atoms with Crippen LogP contribution in [0.2, 0.25) is 0 Å². The zero-order valence-electron chi connectivity index (χ0n) is 9.30. The van der Waals surface area contributed by atoms with Crippen molar-refractivity contribution in [3.63, 3.8) is 0 Å². The lowest BCUT2D eigenvalue weighted by Gasteiger charge is -2.03. The number of aryl methyl sites for hydroxylation is 1. The first kappa shape index (κ1) is 10.8. The van der Waals surface area contributed by atoms with Crippen molar-refractivity contribution >= 4 is 0 Å². The second kappa shape index (κ2) is 5.37. The third-order valence-electron chi connectivity index (χ3n) is 2.38. The maximum Gasteiger partial charge on any atom is 0.109 e. The highest BCUT2D eigenvalue weighted by Crippen LogP contribution is 1.95. The summed E-state index contributed by atoms with van der Waals surface area (Å²) < 4.78 is 2.03. The van der Waals surface area contributed by atoms with Crippen molar-refractivity contribution in [1.29, 1.82) is 0 Å². The van der Waals surface area contributed by atoms with Crippen molar-refractivity contribution in [2.24, 2.45) is 7.05 Å². The number of hydrogen-bond acceptors (Lipinski definition) is 4. The summed E-state index contributed by atoms with van der Waals surface area (Å²) in [6.07, 6.45) is 6.37. The first-order valence-corrected chi connectivity index (χ1v) is 5.30. The molecule has 84 valence electrons. The lowest BCUT2D eigenvalue weighted by atomic mass is 10.3. The van der Waals surface area contributed by atoms with Crippen molar-refractivity contribution in [1.82, 2.24) is 25.1 Å². The van der Waals surface area contributed by atoms with Crippen LogP contribution in [0.25, 0.3) is 0 Å². The molecule has 0 aliphatic carbocycles. The topological polar surface area (TPSA) is 55.6 Å². The Kier molecular flexibility index (Phi) is 3.61. The molecule has 0 spiro atoms. The molecule has 2 aromatic rings. The fourth-order valence-corrected chi connectivity index (χ4v) is 1.48. The highest BCUT2D eigenvalue weighted by atomic mass is 15.1. The molecular weight excluding hydrogens is 202 g/mol. The summed E-state index contributed by atoms with van der Waals surface area (Å²) in [5.41, 5.74) is 0.961. The number of rotatable bonds is 5. The van der Waals surface area contributed by atoms with Crippen LogP contribution < -0.4 is 5.32 Å². The lowest BCUT2D eigenvalue weighted by molar-refractivity contribution is 0.641. The summed E-state index contributed by atoms with van der Waals surface area (Å²) in [4.78, 5) is 4.26. The van der Waals surface area contributed by atoms with Gasteiger partial charge in [-0.25, -0.2) is 4.98 Å². The van der Waals surface area contributed by atoms with E-state index in [0.717, 1.165) is 31.0 Å². The molecule has 0 bridgehead atoms. The zero-order chi connectivity index (χ0) is 11.2. The van der Waals surface area contributed by atoms with E-state index in [0.29, 0.717) is 0 Å². The molecule has 0 atom stereocenters. The van der Waals surface area contributed by atoms with Gasteiger partial charge in [-0.2, -0.15) is 10.2 Å². The Morgan fingerprint density at radius 3 is 3.00 bits per heavy atom. The number of hydrogen-bond donors (Lipinski definition) is 1. The Morgan fingerprint density at radius 2 is 2.31 bits per heavy atom. The van der Waals surface area contributed by atoms with Crippen molar-refractivity contribution in [3.8, 4) is 0 Å². The first-order valence-electron chi connectivity index (χ1n) is 5.30. The standard InChI is InChI=1S/C11H15N5/c1-16-8-7-13-11(16)4-6-12-9-10-3-2-5-14-15-10/h2-3,5,7-8,12H,4,6,9H2,1H3. The van der Waals surface area contributed by atoms with Crippen LogP contribution >= 0.6 is 0 Å². The molecule has 0 aromatic carbocycles. The second-order valence-corrected chi connectivity index (χ2v) is 3.60. The smallest absolute Gasteiger partial charge is 0.109 e. The summed E-state index contributed by atoms with van der Waals surface area (Å²) in [5, 5.41) is 11.1. The Morgan fingerprint density at radius 1 is 1.38 bits per heavy atom. The van der Waals surface area contributed by atoms with Crippen molar-refractivity contribution < 1.29 is 0 Å². The molecule has 0 aliphatic heterocycles. The summed E-state index contributed by atoms with van der Waals surface area (Å²) in [7, 11) is 2.00. The van der Waals surface area contributed by atoms with E-state index in [9.17, 15) is 0 Å². The monoisotopic (exact) mass is 217 g/mol. The zero-order valence-corrected chi connectivity index (χ0v) is 9.30. The lowest BCUT2D eigenvalue weighted by Crippen LogP contribution is -2.18. The Labute approximate surface area is 94.5 Å². The van der Waals surface area contributed by atoms with E-state index < -0.39 is 0 Å². The molecule has 1 N–H and O–H groups in total. The molecule has 2 rings (SSSR count). The van der Waals surface area contributed by atoms with Crippen LogP contribution in [0.1, 0.15) is 11.5 Å². The van der Waals surface area contributed by atoms with E-state index >= 15 is 0 Å². The first-order chi connectivity index (χ1) is 7.86. The number of nitrogens with one attached hydrogen (secondary N) is 1. The summed E-state index contributed by atoms with van der Waals surface area (Å²) >= 11 is 0. The summed E-state index contributed by atoms with van der Waals surface area (Å²) in [6, 6.07) is 3.85. The van der Waals surface area contributed by atoms with Gasteiger partial charge in [0.25, 0.3) is 0 Å². The fraction of sp³-hybridized carbons (Fsp3) is 0.364. The Balaban J connectivity index is 1.72. The van der Waals surface area contributed by atoms with Gasteiger partial charge in [0.2, 0.25) is 0 Å². The minimum Gasteiger partial charge on any atom is -0.338 e. The van der Waals surface area contributed by atoms with Crippen LogP contribution in [-0.2, 0) is 20.0 Å². The third-order valence-corrected chi connectivity index (χ3v) is 2.38. The van der Waals surface area contributed by atoms with Gasteiger partial charge < -0.3 is 9.88 Å². The van der Waals surface area contributed by atoms with Gasteiger partial charge in [-0.1, -0.05) is 0 Å². The largest absolute Gasteiger partial charge is 0.338 e. The van der Waals surface area contributed by atoms with E-state index in [1.54, 1.807) is 6.20 Å². The van der Waals surface area contributed by atoms with Crippen LogP contribution in [0.4, 0.5) is 0 Å². The molecule has 0 saturated heterocycles. The highest BCUT2D eigenvalue weighted by molar-refractivity contribution is 4.98. The normalized spacial score (nSPS) is 10.6. The molecule has 0 aliphatic rings. The van der Waals surface area contributed by atoms with E-state index in [1.165, 1.54) is 0 Å². The Hall–Kier alpha value is -1.75. The van der Waals surface area contributed by atoms with Gasteiger partial charge in [-0.3, -0.25) is 0 Å². The molecule has 0 amide bonds. The van der Waals surface area contributed by atoms with Gasteiger partial charge in [0.1, 0.15) is 5.82 Å². The van der Waals surface area contributed by atoms with Gasteiger partial charge in [-0.05, 0) is 12.1 Å². The average Bonchev–Trinajstić information content (AvgIpc) is 2.72. The summed E-state index contributed by atoms with van der Waals surface area (Å²) in [6.45, 7) is 1.64. The molecule has 0 unspecified atom stereocenters. The van der Waals surface area contributed by atoms with E-state index in [-0.39, 0.29) is 0 Å². The molecule has 0 radical (unpaired) electrons. The molecule has 2 aromatic heterocycles. The van der Waals surface area contributed by atoms with Crippen molar-refractivity contribution in [2.45, 2.75) is 13.0 Å². The predicted octanol–water partition coefficient (Wildman–Crippen LogP) is 0.542. The maximum absolute atomic E-state index is 4.26. The SMILES string of the molecule is Cn1ccnc1CCNCc1cccnn1. The van der Waals surface area contributed by atoms with Crippen LogP contribution in [0, 0.1) is 0 Å². The number of nitrogens with zero attached hydrogens (tertiary/aromatic N) is 4. The van der Waals surface area contributed by atoms with Gasteiger partial charge in [0.05, 0.1) is 5.69 Å². The van der Waals surface area contributed by atoms with Crippen molar-refractivity contribution in [2.75, 3.05) is 6.54 Å². The fourth-order valence-electron chi connectivity index (χ4n) is 1.48. The summed E-state index contributed by atoms with van der Waals surface area (Å²) in [5.74, 6) is 1.09. The molecular formula is C11H15N5. The van der Waals surface area contributed by atoms with Crippen LogP contribution in [0.15, 0.2) is 30.7 Å². The van der Waals surface area contributed by atoms with E-state index in [4.69, 9.17) is 0 Å². The molecule has 2 heterocycles. The van der Waals surface area contributed by atoms with Crippen LogP contribution in [0.3, 0.4) is 0 Å². The average molecular weight is 217 g/mol. The van der Waals surface area contributed by atoms with Gasteiger partial charge in [-0.15, -0.1) is 0 Å². The quantitative estimate of drug-likeness (QED) is 0.743. The molecule has 5 heteroatoms.